The summed E-state index contributed by atoms with van der Waals surface area (Å²) in [7, 11) is 0. The van der Waals surface area contributed by atoms with Gasteiger partial charge >= 0.3 is 5.97 Å². The van der Waals surface area contributed by atoms with Gasteiger partial charge in [0, 0.05) is 11.0 Å². The van der Waals surface area contributed by atoms with Crippen LogP contribution in [0.2, 0.25) is 0 Å². The lowest BCUT2D eigenvalue weighted by molar-refractivity contribution is -0.145. The molecule has 0 heterocycles. The number of amides is 1. The fraction of sp³-hybridized carbons (Fsp3) is 0.429. The van der Waals surface area contributed by atoms with Crippen molar-refractivity contribution in [3.8, 4) is 5.75 Å². The van der Waals surface area contributed by atoms with Crippen molar-refractivity contribution < 1.29 is 19.4 Å². The normalized spacial score (nSPS) is 13.8. The van der Waals surface area contributed by atoms with E-state index in [1.54, 1.807) is 6.07 Å². The van der Waals surface area contributed by atoms with Gasteiger partial charge in [0.15, 0.2) is 6.61 Å². The van der Waals surface area contributed by atoms with Gasteiger partial charge < -0.3 is 14.7 Å². The van der Waals surface area contributed by atoms with Crippen LogP contribution >= 0.6 is 31.9 Å². The molecule has 1 N–H and O–H groups in total. The van der Waals surface area contributed by atoms with Crippen LogP contribution in [0.1, 0.15) is 12.8 Å². The summed E-state index contributed by atoms with van der Waals surface area (Å²) in [5, 5.41) is 8.88. The fourth-order valence-electron chi connectivity index (χ4n) is 1.85. The largest absolute Gasteiger partial charge is 0.483 e. The molecule has 1 aromatic rings. The van der Waals surface area contributed by atoms with Crippen molar-refractivity contribution in [3.63, 3.8) is 0 Å². The summed E-state index contributed by atoms with van der Waals surface area (Å²) in [6.07, 6.45) is 2.12. The van der Waals surface area contributed by atoms with Gasteiger partial charge in [-0.3, -0.25) is 9.59 Å². The highest BCUT2D eigenvalue weighted by molar-refractivity contribution is 9.11. The van der Waals surface area contributed by atoms with Crippen LogP contribution in [-0.2, 0) is 9.59 Å². The topological polar surface area (TPSA) is 66.8 Å². The molecule has 0 saturated heterocycles. The minimum atomic E-state index is -1.01. The molecule has 0 aromatic heterocycles. The monoisotopic (exact) mass is 419 g/mol. The minimum Gasteiger partial charge on any atom is -0.483 e. The van der Waals surface area contributed by atoms with Gasteiger partial charge in [-0.2, -0.15) is 0 Å². The number of nitrogens with zero attached hydrogens (tertiary/aromatic N) is 1. The zero-order valence-electron chi connectivity index (χ0n) is 11.2. The number of carboxylic acid groups (broad SMARTS) is 1. The molecule has 1 aliphatic rings. The molecule has 0 atom stereocenters. The first-order valence-corrected chi connectivity index (χ1v) is 8.11. The molecule has 21 heavy (non-hydrogen) atoms. The van der Waals surface area contributed by atoms with Crippen LogP contribution in [0.5, 0.6) is 5.75 Å². The summed E-state index contributed by atoms with van der Waals surface area (Å²) in [5.41, 5.74) is 0. The van der Waals surface area contributed by atoms with Gasteiger partial charge in [0.2, 0.25) is 0 Å². The Morgan fingerprint density at radius 2 is 2.05 bits per heavy atom. The molecule has 1 aromatic carbocycles. The maximum absolute atomic E-state index is 12.1. The van der Waals surface area contributed by atoms with E-state index in [1.165, 1.54) is 4.90 Å². The molecule has 1 aliphatic carbocycles. The summed E-state index contributed by atoms with van der Waals surface area (Å²) < 4.78 is 7.10. The first-order valence-electron chi connectivity index (χ1n) is 6.53. The Balaban J connectivity index is 1.92. The summed E-state index contributed by atoms with van der Waals surface area (Å²) in [4.78, 5) is 24.3. The number of carbonyl (C=O) groups excluding carboxylic acids is 1. The van der Waals surface area contributed by atoms with Gasteiger partial charge in [-0.05, 0) is 52.9 Å². The Hall–Kier alpha value is -1.08. The Bertz CT molecular complexity index is 546. The lowest BCUT2D eigenvalue weighted by Gasteiger charge is -2.20. The highest BCUT2D eigenvalue weighted by atomic mass is 79.9. The van der Waals surface area contributed by atoms with Gasteiger partial charge in [-0.1, -0.05) is 15.9 Å². The summed E-state index contributed by atoms with van der Waals surface area (Å²) in [6, 6.07) is 5.37. The second-order valence-corrected chi connectivity index (χ2v) is 6.74. The molecule has 7 heteroatoms. The number of hydrogen-bond acceptors (Lipinski definition) is 3. The summed E-state index contributed by atoms with van der Waals surface area (Å²) in [5.74, 6) is -0.325. The Labute approximate surface area is 139 Å². The van der Waals surface area contributed by atoms with Crippen LogP contribution in [0.4, 0.5) is 0 Å². The number of rotatable bonds is 7. The molecule has 0 bridgehead atoms. The second kappa shape index (κ2) is 7.26. The molecule has 5 nitrogen and oxygen atoms in total. The summed E-state index contributed by atoms with van der Waals surface area (Å²) >= 11 is 6.69. The highest BCUT2D eigenvalue weighted by Crippen LogP contribution is 2.30. The van der Waals surface area contributed by atoms with E-state index in [1.807, 2.05) is 12.1 Å². The third-order valence-electron chi connectivity index (χ3n) is 3.10. The quantitative estimate of drug-likeness (QED) is 0.736. The summed E-state index contributed by atoms with van der Waals surface area (Å²) in [6.45, 7) is 0.0520. The number of halogens is 2. The predicted octanol–water partition coefficient (Wildman–Crippen LogP) is 2.91. The number of carboxylic acids is 1. The van der Waals surface area contributed by atoms with Crippen LogP contribution in [0.15, 0.2) is 27.1 Å². The van der Waals surface area contributed by atoms with Gasteiger partial charge in [0.1, 0.15) is 12.3 Å². The number of ether oxygens (including phenoxy) is 1. The van der Waals surface area contributed by atoms with E-state index in [-0.39, 0.29) is 19.1 Å². The zero-order valence-corrected chi connectivity index (χ0v) is 14.4. The third-order valence-corrected chi connectivity index (χ3v) is 4.21. The van der Waals surface area contributed by atoms with E-state index < -0.39 is 5.97 Å². The van der Waals surface area contributed by atoms with Gasteiger partial charge in [0.25, 0.3) is 5.91 Å². The van der Waals surface area contributed by atoms with E-state index in [0.717, 1.165) is 21.8 Å². The van der Waals surface area contributed by atoms with E-state index in [0.29, 0.717) is 18.2 Å². The molecule has 0 unspecified atom stereocenters. The SMILES string of the molecule is O=C(O)CN(CC1CC1)C(=O)COc1ccc(Br)cc1Br. The van der Waals surface area contributed by atoms with Crippen molar-refractivity contribution in [3.05, 3.63) is 27.1 Å². The molecular weight excluding hydrogens is 406 g/mol. The average Bonchev–Trinajstić information content (AvgIpc) is 3.20. The Morgan fingerprint density at radius 3 is 2.62 bits per heavy atom. The van der Waals surface area contributed by atoms with Crippen LogP contribution < -0.4 is 4.74 Å². The molecule has 0 aliphatic heterocycles. The Kier molecular flexibility index (Phi) is 5.64. The second-order valence-electron chi connectivity index (χ2n) is 4.97. The number of aliphatic carboxylic acids is 1. The fourth-order valence-corrected chi connectivity index (χ4v) is 3.01. The van der Waals surface area contributed by atoms with Crippen LogP contribution in [0, 0.1) is 5.92 Å². The van der Waals surface area contributed by atoms with Gasteiger partial charge in [0.05, 0.1) is 4.47 Å². The molecule has 2 rings (SSSR count). The van der Waals surface area contributed by atoms with E-state index in [2.05, 4.69) is 31.9 Å². The smallest absolute Gasteiger partial charge is 0.323 e. The van der Waals surface area contributed by atoms with E-state index in [9.17, 15) is 9.59 Å². The molecule has 1 amide bonds. The van der Waals surface area contributed by atoms with E-state index in [4.69, 9.17) is 9.84 Å². The van der Waals surface area contributed by atoms with Crippen LogP contribution in [0.25, 0.3) is 0 Å². The van der Waals surface area contributed by atoms with Crippen molar-refractivity contribution in [2.24, 2.45) is 5.92 Å². The Morgan fingerprint density at radius 1 is 1.33 bits per heavy atom. The van der Waals surface area contributed by atoms with Crippen LogP contribution in [-0.4, -0.2) is 41.6 Å². The van der Waals surface area contributed by atoms with Gasteiger partial charge in [-0.15, -0.1) is 0 Å². The molecular formula is C14H15Br2NO4. The standard InChI is InChI=1S/C14H15Br2NO4/c15-10-3-4-12(11(16)5-10)21-8-13(18)17(7-14(19)20)6-9-1-2-9/h3-5,9H,1-2,6-8H2,(H,19,20). The van der Waals surface area contributed by atoms with E-state index >= 15 is 0 Å². The molecule has 1 fully saturated rings. The maximum atomic E-state index is 12.1. The first kappa shape index (κ1) is 16.3. The minimum absolute atomic E-state index is 0.166. The molecule has 0 spiro atoms. The third kappa shape index (κ3) is 5.32. The molecule has 114 valence electrons. The lowest BCUT2D eigenvalue weighted by atomic mass is 10.3. The first-order chi connectivity index (χ1) is 9.95. The van der Waals surface area contributed by atoms with Crippen molar-refractivity contribution in [1.29, 1.82) is 0 Å². The molecule has 1 saturated carbocycles. The number of hydrogen-bond donors (Lipinski definition) is 1. The van der Waals surface area contributed by atoms with Crippen LogP contribution in [0.3, 0.4) is 0 Å². The number of benzene rings is 1. The van der Waals surface area contributed by atoms with Crippen molar-refractivity contribution >= 4 is 43.7 Å². The maximum Gasteiger partial charge on any atom is 0.323 e. The van der Waals surface area contributed by atoms with Crippen molar-refractivity contribution in [1.82, 2.24) is 4.90 Å². The average molecular weight is 421 g/mol. The highest BCUT2D eigenvalue weighted by Gasteiger charge is 2.28. The zero-order chi connectivity index (χ0) is 15.4. The number of carbonyl (C=O) groups is 2. The van der Waals surface area contributed by atoms with Crippen molar-refractivity contribution in [2.45, 2.75) is 12.8 Å². The van der Waals surface area contributed by atoms with Gasteiger partial charge in [-0.25, -0.2) is 0 Å². The lowest BCUT2D eigenvalue weighted by Crippen LogP contribution is -2.40. The van der Waals surface area contributed by atoms with Crippen molar-refractivity contribution in [2.75, 3.05) is 19.7 Å². The molecule has 0 radical (unpaired) electrons. The predicted molar refractivity (Wildman–Crippen MR) is 84.3 cm³/mol.